The third-order valence-electron chi connectivity index (χ3n) is 4.59. The molecule has 1 aromatic heterocycles. The maximum absolute atomic E-state index is 12.1. The van der Waals surface area contributed by atoms with E-state index in [1.54, 1.807) is 0 Å². The average Bonchev–Trinajstić information content (AvgIpc) is 3.21. The van der Waals surface area contributed by atoms with Crippen LogP contribution >= 0.6 is 0 Å². The summed E-state index contributed by atoms with van der Waals surface area (Å²) in [5.41, 5.74) is 2.30. The van der Waals surface area contributed by atoms with Gasteiger partial charge in [-0.15, -0.1) is 5.92 Å². The molecule has 0 aliphatic carbocycles. The van der Waals surface area contributed by atoms with Gasteiger partial charge >= 0.3 is 0 Å². The monoisotopic (exact) mass is 314 g/mol. The Morgan fingerprint density at radius 2 is 2.04 bits per heavy atom. The lowest BCUT2D eigenvalue weighted by atomic mass is 10.2. The fraction of sp³-hybridized carbons (Fsp3) is 0.667. The average molecular weight is 314 g/mol. The highest BCUT2D eigenvalue weighted by Crippen LogP contribution is 2.15. The highest BCUT2D eigenvalue weighted by Gasteiger charge is 2.20. The molecular formula is C18H26N4O. The van der Waals surface area contributed by atoms with Crippen LogP contribution in [-0.4, -0.2) is 51.7 Å². The first-order chi connectivity index (χ1) is 11.3. The molecule has 2 aliphatic rings. The van der Waals surface area contributed by atoms with E-state index in [9.17, 15) is 4.79 Å². The van der Waals surface area contributed by atoms with Crippen molar-refractivity contribution < 1.29 is 4.79 Å². The minimum atomic E-state index is 0.282. The molecule has 23 heavy (non-hydrogen) atoms. The Kier molecular flexibility index (Phi) is 5.35. The summed E-state index contributed by atoms with van der Waals surface area (Å²) in [6, 6.07) is 2.16. The number of carbonyl (C=O) groups is 1. The maximum Gasteiger partial charge on any atom is 0.222 e. The zero-order chi connectivity index (χ0) is 16.1. The normalized spacial score (nSPS) is 17.7. The van der Waals surface area contributed by atoms with Gasteiger partial charge in [-0.1, -0.05) is 12.8 Å². The van der Waals surface area contributed by atoms with Gasteiger partial charge in [0.2, 0.25) is 5.91 Å². The van der Waals surface area contributed by atoms with Gasteiger partial charge in [0, 0.05) is 45.4 Å². The molecule has 0 saturated carbocycles. The van der Waals surface area contributed by atoms with E-state index < -0.39 is 0 Å². The predicted molar refractivity (Wildman–Crippen MR) is 89.7 cm³/mol. The van der Waals surface area contributed by atoms with E-state index in [1.165, 1.54) is 5.69 Å². The summed E-state index contributed by atoms with van der Waals surface area (Å²) in [7, 11) is 0. The Morgan fingerprint density at radius 1 is 1.22 bits per heavy atom. The standard InChI is InChI=1S/C18H26N4O/c1-2-3-4-9-20-12-13-22-17(15-20)14-16(19-22)7-8-18(23)21-10-5-6-11-21/h14H,2,5-13,15H2,1H3. The molecule has 0 atom stereocenters. The third-order valence-corrected chi connectivity index (χ3v) is 4.59. The molecule has 0 N–H and O–H groups in total. The number of aromatic nitrogens is 2. The van der Waals surface area contributed by atoms with Gasteiger partial charge in [-0.2, -0.15) is 5.10 Å². The zero-order valence-electron chi connectivity index (χ0n) is 14.1. The summed E-state index contributed by atoms with van der Waals surface area (Å²) in [6.07, 6.45) is 4.57. The van der Waals surface area contributed by atoms with E-state index in [2.05, 4.69) is 39.5 Å². The molecule has 0 radical (unpaired) electrons. The van der Waals surface area contributed by atoms with Crippen LogP contribution in [0.5, 0.6) is 0 Å². The van der Waals surface area contributed by atoms with Crippen molar-refractivity contribution >= 4 is 5.91 Å². The van der Waals surface area contributed by atoms with Gasteiger partial charge in [0.25, 0.3) is 0 Å². The summed E-state index contributed by atoms with van der Waals surface area (Å²) in [6.45, 7) is 7.61. The fourth-order valence-electron chi connectivity index (χ4n) is 3.29. The Bertz CT molecular complexity index is 604. The largest absolute Gasteiger partial charge is 0.343 e. The molecule has 0 aromatic carbocycles. The van der Waals surface area contributed by atoms with E-state index in [4.69, 9.17) is 0 Å². The highest BCUT2D eigenvalue weighted by atomic mass is 16.2. The molecule has 3 heterocycles. The summed E-state index contributed by atoms with van der Waals surface area (Å²) >= 11 is 0. The second-order valence-corrected chi connectivity index (χ2v) is 6.36. The lowest BCUT2D eigenvalue weighted by molar-refractivity contribution is -0.130. The number of amides is 1. The molecule has 0 unspecified atom stereocenters. The highest BCUT2D eigenvalue weighted by molar-refractivity contribution is 5.76. The molecule has 5 nitrogen and oxygen atoms in total. The van der Waals surface area contributed by atoms with E-state index in [1.807, 2.05) is 4.90 Å². The summed E-state index contributed by atoms with van der Waals surface area (Å²) in [5.74, 6) is 6.62. The van der Waals surface area contributed by atoms with Crippen molar-refractivity contribution in [1.29, 1.82) is 0 Å². The van der Waals surface area contributed by atoms with Gasteiger partial charge < -0.3 is 4.90 Å². The smallest absolute Gasteiger partial charge is 0.222 e. The third kappa shape index (κ3) is 4.14. The van der Waals surface area contributed by atoms with Gasteiger partial charge in [-0.25, -0.2) is 0 Å². The summed E-state index contributed by atoms with van der Waals surface area (Å²) in [5, 5.41) is 4.66. The first kappa shape index (κ1) is 16.1. The molecule has 1 amide bonds. The second kappa shape index (κ2) is 7.65. The Labute approximate surface area is 138 Å². The lowest BCUT2D eigenvalue weighted by Gasteiger charge is -2.25. The SMILES string of the molecule is CCC#CCN1CCn2nc(CCC(=O)N3CCCC3)cc2C1. The number of fused-ring (bicyclic) bond motifs is 1. The van der Waals surface area contributed by atoms with Crippen LogP contribution in [0, 0.1) is 11.8 Å². The topological polar surface area (TPSA) is 41.4 Å². The van der Waals surface area contributed by atoms with Gasteiger partial charge in [-0.3, -0.25) is 14.4 Å². The number of hydrogen-bond acceptors (Lipinski definition) is 3. The van der Waals surface area contributed by atoms with Gasteiger partial charge in [0.05, 0.1) is 24.5 Å². The fourth-order valence-corrected chi connectivity index (χ4v) is 3.29. The van der Waals surface area contributed by atoms with Crippen molar-refractivity contribution in [3.63, 3.8) is 0 Å². The molecular weight excluding hydrogens is 288 g/mol. The van der Waals surface area contributed by atoms with E-state index in [-0.39, 0.29) is 5.91 Å². The van der Waals surface area contributed by atoms with Gasteiger partial charge in [0.1, 0.15) is 0 Å². The summed E-state index contributed by atoms with van der Waals surface area (Å²) in [4.78, 5) is 16.5. The van der Waals surface area contributed by atoms with Crippen molar-refractivity contribution in [3.8, 4) is 11.8 Å². The Balaban J connectivity index is 1.52. The molecule has 1 saturated heterocycles. The Hall–Kier alpha value is -1.80. The Morgan fingerprint density at radius 3 is 2.83 bits per heavy atom. The van der Waals surface area contributed by atoms with Crippen LogP contribution < -0.4 is 0 Å². The zero-order valence-corrected chi connectivity index (χ0v) is 14.1. The molecule has 5 heteroatoms. The van der Waals surface area contributed by atoms with Crippen molar-refractivity contribution in [2.45, 2.75) is 52.1 Å². The van der Waals surface area contributed by atoms with Crippen LogP contribution in [0.4, 0.5) is 0 Å². The van der Waals surface area contributed by atoms with Crippen molar-refractivity contribution in [2.75, 3.05) is 26.2 Å². The van der Waals surface area contributed by atoms with Crippen molar-refractivity contribution in [2.24, 2.45) is 0 Å². The van der Waals surface area contributed by atoms with Gasteiger partial charge in [-0.05, 0) is 18.9 Å². The van der Waals surface area contributed by atoms with Crippen LogP contribution in [0.2, 0.25) is 0 Å². The number of hydrogen-bond donors (Lipinski definition) is 0. The van der Waals surface area contributed by atoms with Crippen LogP contribution in [0.15, 0.2) is 6.07 Å². The number of likely N-dealkylation sites (tertiary alicyclic amines) is 1. The minimum absolute atomic E-state index is 0.282. The molecule has 3 rings (SSSR count). The van der Waals surface area contributed by atoms with Crippen molar-refractivity contribution in [3.05, 3.63) is 17.5 Å². The molecule has 124 valence electrons. The van der Waals surface area contributed by atoms with Gasteiger partial charge in [0.15, 0.2) is 0 Å². The molecule has 1 fully saturated rings. The molecule has 0 spiro atoms. The van der Waals surface area contributed by atoms with Crippen LogP contribution in [0.25, 0.3) is 0 Å². The molecule has 2 aliphatic heterocycles. The molecule has 1 aromatic rings. The van der Waals surface area contributed by atoms with Crippen LogP contribution in [0.1, 0.15) is 44.0 Å². The van der Waals surface area contributed by atoms with E-state index in [0.717, 1.165) is 70.6 Å². The number of carbonyl (C=O) groups excluding carboxylic acids is 1. The van der Waals surface area contributed by atoms with Crippen molar-refractivity contribution in [1.82, 2.24) is 19.6 Å². The quantitative estimate of drug-likeness (QED) is 0.794. The lowest BCUT2D eigenvalue weighted by Crippen LogP contribution is -2.34. The maximum atomic E-state index is 12.1. The number of rotatable bonds is 4. The van der Waals surface area contributed by atoms with E-state index in [0.29, 0.717) is 6.42 Å². The predicted octanol–water partition coefficient (Wildman–Crippen LogP) is 1.67. The second-order valence-electron chi connectivity index (χ2n) is 6.36. The van der Waals surface area contributed by atoms with Crippen LogP contribution in [0.3, 0.4) is 0 Å². The first-order valence-corrected chi connectivity index (χ1v) is 8.77. The molecule has 0 bridgehead atoms. The first-order valence-electron chi connectivity index (χ1n) is 8.77. The van der Waals surface area contributed by atoms with E-state index >= 15 is 0 Å². The number of nitrogens with zero attached hydrogens (tertiary/aromatic N) is 4. The number of aryl methyl sites for hydroxylation is 1. The van der Waals surface area contributed by atoms with Crippen LogP contribution in [-0.2, 0) is 24.3 Å². The summed E-state index contributed by atoms with van der Waals surface area (Å²) < 4.78 is 2.10. The minimum Gasteiger partial charge on any atom is -0.343 e.